The number of nitro groups is 2. The van der Waals surface area contributed by atoms with E-state index in [-0.39, 0.29) is 11.6 Å². The quantitative estimate of drug-likeness (QED) is 0.366. The fraction of sp³-hybridized carbons (Fsp3) is 0.0769. The van der Waals surface area contributed by atoms with E-state index in [1.165, 1.54) is 47.4 Å². The third-order valence-corrected chi connectivity index (χ3v) is 5.04. The van der Waals surface area contributed by atoms with Crippen LogP contribution in [0, 0.1) is 20.2 Å². The molecule has 0 spiro atoms. The molecule has 0 unspecified atom stereocenters. The average Bonchev–Trinajstić information content (AvgIpc) is 3.22. The van der Waals surface area contributed by atoms with Crippen LogP contribution in [0.4, 0.5) is 11.6 Å². The molecule has 2 heterocycles. The number of benzene rings is 1. The SMILES string of the molecule is O=[N+]([O-])c1ccc(CSc2nnc(-c3ccc([N+](=O)[O-])o3)s2)cc1. The maximum absolute atomic E-state index is 10.6. The van der Waals surface area contributed by atoms with Crippen molar-refractivity contribution in [1.82, 2.24) is 10.2 Å². The molecule has 0 fully saturated rings. The molecule has 0 amide bonds. The molecular weight excluding hydrogens is 356 g/mol. The van der Waals surface area contributed by atoms with Crippen molar-refractivity contribution in [1.29, 1.82) is 0 Å². The summed E-state index contributed by atoms with van der Waals surface area (Å²) in [6.07, 6.45) is 0. The van der Waals surface area contributed by atoms with Gasteiger partial charge in [0, 0.05) is 17.9 Å². The fourth-order valence-electron chi connectivity index (χ4n) is 1.77. The second-order valence-electron chi connectivity index (χ2n) is 4.48. The van der Waals surface area contributed by atoms with Crippen molar-refractivity contribution >= 4 is 34.7 Å². The molecule has 0 aliphatic rings. The first-order valence-electron chi connectivity index (χ1n) is 6.47. The third-order valence-electron chi connectivity index (χ3n) is 2.90. The number of aromatic nitrogens is 2. The van der Waals surface area contributed by atoms with Crippen LogP contribution in [0.1, 0.15) is 5.56 Å². The lowest BCUT2D eigenvalue weighted by Gasteiger charge is -1.98. The lowest BCUT2D eigenvalue weighted by Crippen LogP contribution is -1.88. The summed E-state index contributed by atoms with van der Waals surface area (Å²) in [6.45, 7) is 0. The second-order valence-corrected chi connectivity index (χ2v) is 6.68. The molecule has 0 bridgehead atoms. The Kier molecular flexibility index (Phi) is 4.53. The van der Waals surface area contributed by atoms with Gasteiger partial charge in [-0.1, -0.05) is 35.2 Å². The molecule has 2 aromatic heterocycles. The van der Waals surface area contributed by atoms with Crippen molar-refractivity contribution < 1.29 is 14.3 Å². The summed E-state index contributed by atoms with van der Waals surface area (Å²) < 4.78 is 5.75. The van der Waals surface area contributed by atoms with Gasteiger partial charge >= 0.3 is 5.88 Å². The standard InChI is InChI=1S/C13H8N4O5S2/c18-16(19)9-3-1-8(2-4-9)7-23-13-15-14-12(24-13)10-5-6-11(22-10)17(20)21/h1-6H,7H2. The van der Waals surface area contributed by atoms with Gasteiger partial charge in [-0.25, -0.2) is 0 Å². The number of hydrogen-bond donors (Lipinski definition) is 0. The smallest absolute Gasteiger partial charge is 0.398 e. The van der Waals surface area contributed by atoms with Crippen molar-refractivity contribution in [2.45, 2.75) is 10.1 Å². The first kappa shape index (κ1) is 16.1. The van der Waals surface area contributed by atoms with Crippen molar-refractivity contribution in [2.24, 2.45) is 0 Å². The number of hydrogen-bond acceptors (Lipinski definition) is 9. The summed E-state index contributed by atoms with van der Waals surface area (Å²) >= 11 is 2.67. The van der Waals surface area contributed by atoms with E-state index in [2.05, 4.69) is 10.2 Å². The van der Waals surface area contributed by atoms with E-state index in [1.54, 1.807) is 12.1 Å². The van der Waals surface area contributed by atoms with Gasteiger partial charge in [0.2, 0.25) is 0 Å². The van der Waals surface area contributed by atoms with Gasteiger partial charge in [0.1, 0.15) is 4.92 Å². The van der Waals surface area contributed by atoms with Crippen LogP contribution in [0.25, 0.3) is 10.8 Å². The summed E-state index contributed by atoms with van der Waals surface area (Å²) in [5.74, 6) is 0.520. The van der Waals surface area contributed by atoms with Gasteiger partial charge in [-0.3, -0.25) is 20.2 Å². The van der Waals surface area contributed by atoms with Gasteiger partial charge in [0.15, 0.2) is 15.1 Å². The first-order valence-corrected chi connectivity index (χ1v) is 8.27. The monoisotopic (exact) mass is 364 g/mol. The Hall–Kier alpha value is -2.79. The Morgan fingerprint density at radius 1 is 1.04 bits per heavy atom. The predicted molar refractivity (Wildman–Crippen MR) is 86.9 cm³/mol. The fourth-order valence-corrected chi connectivity index (χ4v) is 3.54. The molecule has 0 aliphatic heterocycles. The zero-order valence-electron chi connectivity index (χ0n) is 11.8. The Labute approximate surface area is 142 Å². The van der Waals surface area contributed by atoms with Crippen molar-refractivity contribution in [3.8, 4) is 10.8 Å². The largest absolute Gasteiger partial charge is 0.433 e. The molecule has 1 aromatic carbocycles. The summed E-state index contributed by atoms with van der Waals surface area (Å²) in [4.78, 5) is 20.2. The molecule has 0 N–H and O–H groups in total. The van der Waals surface area contributed by atoms with E-state index in [0.717, 1.165) is 5.56 Å². The van der Waals surface area contributed by atoms with E-state index < -0.39 is 9.85 Å². The van der Waals surface area contributed by atoms with E-state index >= 15 is 0 Å². The normalized spacial score (nSPS) is 10.7. The highest BCUT2D eigenvalue weighted by atomic mass is 32.2. The molecule has 9 nitrogen and oxygen atoms in total. The Morgan fingerprint density at radius 3 is 2.42 bits per heavy atom. The minimum absolute atomic E-state index is 0.0429. The van der Waals surface area contributed by atoms with Crippen LogP contribution in [0.2, 0.25) is 0 Å². The molecule has 122 valence electrons. The van der Waals surface area contributed by atoms with Crippen LogP contribution in [-0.2, 0) is 5.75 Å². The molecule has 0 saturated heterocycles. The molecule has 0 saturated carbocycles. The molecule has 3 rings (SSSR count). The maximum atomic E-state index is 10.6. The lowest BCUT2D eigenvalue weighted by atomic mass is 10.2. The third kappa shape index (κ3) is 3.58. The van der Waals surface area contributed by atoms with E-state index in [0.29, 0.717) is 20.9 Å². The first-order chi connectivity index (χ1) is 11.5. The van der Waals surface area contributed by atoms with Crippen molar-refractivity contribution in [3.63, 3.8) is 0 Å². The summed E-state index contributed by atoms with van der Waals surface area (Å²) in [7, 11) is 0. The van der Waals surface area contributed by atoms with E-state index in [9.17, 15) is 20.2 Å². The van der Waals surface area contributed by atoms with Crippen LogP contribution in [0.3, 0.4) is 0 Å². The molecule has 3 aromatic rings. The Morgan fingerprint density at radius 2 is 1.79 bits per heavy atom. The van der Waals surface area contributed by atoms with Crippen LogP contribution >= 0.6 is 23.1 Å². The molecule has 0 radical (unpaired) electrons. The Bertz CT molecular complexity index is 890. The lowest BCUT2D eigenvalue weighted by molar-refractivity contribution is -0.401. The summed E-state index contributed by atoms with van der Waals surface area (Å²) in [5, 5.41) is 29.6. The number of rotatable bonds is 6. The number of nitro benzene ring substituents is 1. The van der Waals surface area contributed by atoms with Gasteiger partial charge in [-0.2, -0.15) is 0 Å². The second kappa shape index (κ2) is 6.76. The topological polar surface area (TPSA) is 125 Å². The maximum Gasteiger partial charge on any atom is 0.433 e. The highest BCUT2D eigenvalue weighted by Gasteiger charge is 2.16. The number of non-ortho nitro benzene ring substituents is 1. The number of nitrogens with zero attached hydrogens (tertiary/aromatic N) is 4. The van der Waals surface area contributed by atoms with Crippen LogP contribution < -0.4 is 0 Å². The predicted octanol–water partition coefficient (Wildman–Crippen LogP) is 3.91. The molecule has 0 atom stereocenters. The number of furan rings is 1. The molecule has 24 heavy (non-hydrogen) atoms. The highest BCUT2D eigenvalue weighted by molar-refractivity contribution is 8.00. The van der Waals surface area contributed by atoms with Gasteiger partial charge in [0.05, 0.1) is 11.0 Å². The minimum atomic E-state index is -0.616. The minimum Gasteiger partial charge on any atom is -0.398 e. The van der Waals surface area contributed by atoms with E-state index in [4.69, 9.17) is 4.42 Å². The molecule has 11 heteroatoms. The van der Waals surface area contributed by atoms with E-state index in [1.807, 2.05) is 0 Å². The van der Waals surface area contributed by atoms with Crippen LogP contribution in [-0.4, -0.2) is 20.0 Å². The van der Waals surface area contributed by atoms with Gasteiger partial charge in [-0.15, -0.1) is 10.2 Å². The highest BCUT2D eigenvalue weighted by Crippen LogP contribution is 2.33. The van der Waals surface area contributed by atoms with Gasteiger partial charge in [-0.05, 0) is 11.6 Å². The van der Waals surface area contributed by atoms with Crippen LogP contribution in [0.15, 0.2) is 45.2 Å². The average molecular weight is 364 g/mol. The zero-order chi connectivity index (χ0) is 17.1. The molecular formula is C13H8N4O5S2. The van der Waals surface area contributed by atoms with Crippen molar-refractivity contribution in [2.75, 3.05) is 0 Å². The van der Waals surface area contributed by atoms with Gasteiger partial charge < -0.3 is 4.42 Å². The van der Waals surface area contributed by atoms with Crippen molar-refractivity contribution in [3.05, 3.63) is 62.2 Å². The van der Waals surface area contributed by atoms with Crippen LogP contribution in [0.5, 0.6) is 0 Å². The summed E-state index contributed by atoms with van der Waals surface area (Å²) in [6, 6.07) is 9.00. The van der Waals surface area contributed by atoms with Gasteiger partial charge in [0.25, 0.3) is 5.69 Å². The molecule has 0 aliphatic carbocycles. The summed E-state index contributed by atoms with van der Waals surface area (Å²) in [5.41, 5.74) is 0.956. The zero-order valence-corrected chi connectivity index (χ0v) is 13.5. The number of thioether (sulfide) groups is 1. The Balaban J connectivity index is 1.65.